The van der Waals surface area contributed by atoms with E-state index < -0.39 is 21.2 Å². The first-order chi connectivity index (χ1) is 9.29. The highest BCUT2D eigenvalue weighted by Crippen LogP contribution is 2.26. The molecule has 1 unspecified atom stereocenters. The molecule has 0 radical (unpaired) electrons. The topological polar surface area (TPSA) is 95.0 Å². The summed E-state index contributed by atoms with van der Waals surface area (Å²) in [6.07, 6.45) is 1.20. The van der Waals surface area contributed by atoms with Gasteiger partial charge in [-0.25, -0.2) is 13.2 Å². The van der Waals surface area contributed by atoms with E-state index in [0.29, 0.717) is 25.4 Å². The fourth-order valence-corrected chi connectivity index (χ4v) is 5.25. The van der Waals surface area contributed by atoms with Crippen molar-refractivity contribution in [2.24, 2.45) is 5.92 Å². The summed E-state index contributed by atoms with van der Waals surface area (Å²) >= 11 is 1.53. The summed E-state index contributed by atoms with van der Waals surface area (Å²) in [5, 5.41) is 7.90. The molecule has 0 aromatic rings. The predicted octanol–water partition coefficient (Wildman–Crippen LogP) is -0.0676. The normalized spacial score (nSPS) is 24.4. The van der Waals surface area contributed by atoms with Gasteiger partial charge < -0.3 is 14.9 Å². The third-order valence-corrected chi connectivity index (χ3v) is 6.16. The van der Waals surface area contributed by atoms with E-state index in [1.807, 2.05) is 0 Å². The molecule has 2 aliphatic rings. The predicted molar refractivity (Wildman–Crippen MR) is 75.4 cm³/mol. The quantitative estimate of drug-likeness (QED) is 0.782. The summed E-state index contributed by atoms with van der Waals surface area (Å²) in [4.78, 5) is 25.8. The Morgan fingerprint density at radius 3 is 2.55 bits per heavy atom. The van der Waals surface area contributed by atoms with Gasteiger partial charge in [-0.15, -0.1) is 0 Å². The second-order valence-electron chi connectivity index (χ2n) is 5.20. The zero-order valence-corrected chi connectivity index (χ0v) is 12.8. The summed E-state index contributed by atoms with van der Waals surface area (Å²) in [6.45, 7) is 1.21. The lowest BCUT2D eigenvalue weighted by atomic mass is 9.97. The standard InChI is InChI=1S/C11H18N2O5S2/c1-20(17,18)9-7-19-3-2-13(9)11(16)12-5-8(6-12)4-10(14)15/h8-9H,2-7H2,1H3,(H,14,15). The summed E-state index contributed by atoms with van der Waals surface area (Å²) in [6, 6.07) is -0.289. The van der Waals surface area contributed by atoms with E-state index in [4.69, 9.17) is 5.11 Å². The van der Waals surface area contributed by atoms with Crippen LogP contribution in [-0.2, 0) is 14.6 Å². The first-order valence-corrected chi connectivity index (χ1v) is 9.44. The minimum Gasteiger partial charge on any atom is -0.481 e. The van der Waals surface area contributed by atoms with Crippen molar-refractivity contribution in [2.45, 2.75) is 11.8 Å². The van der Waals surface area contributed by atoms with Crippen LogP contribution in [0.5, 0.6) is 0 Å². The number of aliphatic carboxylic acids is 1. The molecule has 9 heteroatoms. The van der Waals surface area contributed by atoms with Gasteiger partial charge in [0.1, 0.15) is 5.37 Å². The first-order valence-electron chi connectivity index (χ1n) is 6.33. The van der Waals surface area contributed by atoms with Gasteiger partial charge in [0.25, 0.3) is 0 Å². The molecule has 0 saturated carbocycles. The van der Waals surface area contributed by atoms with Crippen molar-refractivity contribution in [2.75, 3.05) is 37.4 Å². The van der Waals surface area contributed by atoms with Crippen LogP contribution in [0.15, 0.2) is 0 Å². The van der Waals surface area contributed by atoms with E-state index in [-0.39, 0.29) is 18.4 Å². The molecule has 2 heterocycles. The van der Waals surface area contributed by atoms with Crippen molar-refractivity contribution < 1.29 is 23.1 Å². The number of sulfone groups is 1. The zero-order chi connectivity index (χ0) is 14.9. The van der Waals surface area contributed by atoms with Gasteiger partial charge in [0.15, 0.2) is 9.84 Å². The molecule has 2 saturated heterocycles. The third-order valence-electron chi connectivity index (χ3n) is 3.52. The molecule has 2 aliphatic heterocycles. The molecule has 2 fully saturated rings. The Balaban J connectivity index is 1.96. The van der Waals surface area contributed by atoms with E-state index in [0.717, 1.165) is 12.0 Å². The summed E-state index contributed by atoms with van der Waals surface area (Å²) in [7, 11) is -3.31. The van der Waals surface area contributed by atoms with Crippen LogP contribution in [0.1, 0.15) is 6.42 Å². The molecule has 0 spiro atoms. The van der Waals surface area contributed by atoms with Crippen molar-refractivity contribution in [3.63, 3.8) is 0 Å². The fourth-order valence-electron chi connectivity index (χ4n) is 2.44. The maximum atomic E-state index is 12.3. The van der Waals surface area contributed by atoms with Crippen LogP contribution >= 0.6 is 11.8 Å². The van der Waals surface area contributed by atoms with Crippen LogP contribution in [0.3, 0.4) is 0 Å². The minimum absolute atomic E-state index is 0.0210. The molecule has 7 nitrogen and oxygen atoms in total. The van der Waals surface area contributed by atoms with Crippen LogP contribution in [-0.4, -0.2) is 78.1 Å². The second kappa shape index (κ2) is 5.80. The molecule has 1 atom stereocenters. The number of urea groups is 1. The van der Waals surface area contributed by atoms with Gasteiger partial charge in [0, 0.05) is 43.3 Å². The highest BCUT2D eigenvalue weighted by Gasteiger charge is 2.40. The van der Waals surface area contributed by atoms with Gasteiger partial charge in [-0.3, -0.25) is 4.79 Å². The van der Waals surface area contributed by atoms with Gasteiger partial charge >= 0.3 is 12.0 Å². The number of nitrogens with zero attached hydrogens (tertiary/aromatic N) is 2. The molecule has 2 rings (SSSR count). The molecule has 0 aromatic heterocycles. The SMILES string of the molecule is CS(=O)(=O)C1CSCCN1C(=O)N1CC(CC(=O)O)C1. The highest BCUT2D eigenvalue weighted by molar-refractivity contribution is 8.00. The molecule has 0 aromatic carbocycles. The Kier molecular flexibility index (Phi) is 4.48. The Labute approximate surface area is 122 Å². The first kappa shape index (κ1) is 15.4. The number of hydrogen-bond donors (Lipinski definition) is 1. The van der Waals surface area contributed by atoms with Gasteiger partial charge in [0.05, 0.1) is 6.42 Å². The summed E-state index contributed by atoms with van der Waals surface area (Å²) < 4.78 is 23.5. The van der Waals surface area contributed by atoms with Crippen molar-refractivity contribution in [3.8, 4) is 0 Å². The molecule has 20 heavy (non-hydrogen) atoms. The molecule has 2 amide bonds. The largest absolute Gasteiger partial charge is 0.481 e. The van der Waals surface area contributed by atoms with Crippen molar-refractivity contribution in [1.82, 2.24) is 9.80 Å². The molecule has 0 bridgehead atoms. The number of thioether (sulfide) groups is 1. The molecule has 0 aliphatic carbocycles. The Bertz CT molecular complexity index is 501. The lowest BCUT2D eigenvalue weighted by Gasteiger charge is -2.44. The number of carbonyl (C=O) groups is 2. The lowest BCUT2D eigenvalue weighted by Crippen LogP contribution is -2.60. The molecule has 114 valence electrons. The summed E-state index contributed by atoms with van der Waals surface area (Å²) in [5.41, 5.74) is 0. The van der Waals surface area contributed by atoms with Crippen LogP contribution in [0.25, 0.3) is 0 Å². The Morgan fingerprint density at radius 1 is 1.35 bits per heavy atom. The smallest absolute Gasteiger partial charge is 0.321 e. The average molecular weight is 322 g/mol. The van der Waals surface area contributed by atoms with E-state index in [1.165, 1.54) is 21.6 Å². The second-order valence-corrected chi connectivity index (χ2v) is 8.56. The maximum Gasteiger partial charge on any atom is 0.321 e. The van der Waals surface area contributed by atoms with Gasteiger partial charge in [0.2, 0.25) is 0 Å². The molecular weight excluding hydrogens is 304 g/mol. The lowest BCUT2D eigenvalue weighted by molar-refractivity contribution is -0.139. The number of carbonyl (C=O) groups excluding carboxylic acids is 1. The highest BCUT2D eigenvalue weighted by atomic mass is 32.2. The van der Waals surface area contributed by atoms with Crippen LogP contribution < -0.4 is 0 Å². The number of amides is 2. The number of likely N-dealkylation sites (tertiary alicyclic amines) is 1. The number of carboxylic acid groups (broad SMARTS) is 1. The van der Waals surface area contributed by atoms with E-state index in [9.17, 15) is 18.0 Å². The monoisotopic (exact) mass is 322 g/mol. The van der Waals surface area contributed by atoms with Crippen molar-refractivity contribution in [3.05, 3.63) is 0 Å². The molecular formula is C11H18N2O5S2. The van der Waals surface area contributed by atoms with Crippen LogP contribution in [0.2, 0.25) is 0 Å². The zero-order valence-electron chi connectivity index (χ0n) is 11.2. The maximum absolute atomic E-state index is 12.3. The fraction of sp³-hybridized carbons (Fsp3) is 0.818. The average Bonchev–Trinajstić information content (AvgIpc) is 2.31. The van der Waals surface area contributed by atoms with Crippen molar-refractivity contribution in [1.29, 1.82) is 0 Å². The van der Waals surface area contributed by atoms with Gasteiger partial charge in [-0.2, -0.15) is 11.8 Å². The Morgan fingerprint density at radius 2 is 2.00 bits per heavy atom. The van der Waals surface area contributed by atoms with Crippen LogP contribution in [0.4, 0.5) is 4.79 Å². The minimum atomic E-state index is -3.31. The van der Waals surface area contributed by atoms with Crippen molar-refractivity contribution >= 4 is 33.6 Å². The van der Waals surface area contributed by atoms with Crippen LogP contribution in [0, 0.1) is 5.92 Å². The van der Waals surface area contributed by atoms with E-state index >= 15 is 0 Å². The molecule has 1 N–H and O–H groups in total. The third kappa shape index (κ3) is 3.38. The number of rotatable bonds is 3. The summed E-state index contributed by atoms with van der Waals surface area (Å²) in [5.74, 6) is 0.235. The van der Waals surface area contributed by atoms with Gasteiger partial charge in [-0.1, -0.05) is 0 Å². The van der Waals surface area contributed by atoms with E-state index in [1.54, 1.807) is 0 Å². The van der Waals surface area contributed by atoms with Gasteiger partial charge in [-0.05, 0) is 0 Å². The number of hydrogen-bond acceptors (Lipinski definition) is 5. The Hall–Kier alpha value is -0.960. The number of carboxylic acids is 1. The van der Waals surface area contributed by atoms with E-state index in [2.05, 4.69) is 0 Å².